The van der Waals surface area contributed by atoms with E-state index >= 15 is 0 Å². The molecule has 0 aromatic heterocycles. The van der Waals surface area contributed by atoms with Gasteiger partial charge in [0.1, 0.15) is 0 Å². The number of aliphatic hydroxyl groups is 1. The van der Waals surface area contributed by atoms with E-state index < -0.39 is 0 Å². The summed E-state index contributed by atoms with van der Waals surface area (Å²) in [6.07, 6.45) is 12.9. The van der Waals surface area contributed by atoms with Gasteiger partial charge in [0, 0.05) is 6.61 Å². The molecule has 18 heavy (non-hydrogen) atoms. The van der Waals surface area contributed by atoms with Gasteiger partial charge in [-0.3, -0.25) is 0 Å². The van der Waals surface area contributed by atoms with Crippen molar-refractivity contribution in [3.63, 3.8) is 0 Å². The molecule has 0 rings (SSSR count). The molecule has 0 aliphatic carbocycles. The number of unbranched alkanes of at least 4 members (excludes halogenated alkanes) is 3. The minimum absolute atomic E-state index is 0.383. The van der Waals surface area contributed by atoms with Crippen molar-refractivity contribution in [1.29, 1.82) is 0 Å². The fraction of sp³-hybridized carbons (Fsp3) is 1.00. The van der Waals surface area contributed by atoms with E-state index in [4.69, 9.17) is 0 Å². The van der Waals surface area contributed by atoms with Crippen molar-refractivity contribution in [1.82, 2.24) is 0 Å². The minimum Gasteiger partial charge on any atom is -0.396 e. The Balaban J connectivity index is 4.32. The van der Waals surface area contributed by atoms with Gasteiger partial charge in [-0.1, -0.05) is 66.2 Å². The van der Waals surface area contributed by atoms with Gasteiger partial charge >= 0.3 is 0 Å². The fourth-order valence-electron chi connectivity index (χ4n) is 2.98. The molecule has 0 spiro atoms. The van der Waals surface area contributed by atoms with Gasteiger partial charge < -0.3 is 5.11 Å². The largest absolute Gasteiger partial charge is 0.396 e. The number of hydrogen-bond acceptors (Lipinski definition) is 1. The Hall–Kier alpha value is -0.0400. The third-order valence-electron chi connectivity index (χ3n) is 4.27. The summed E-state index contributed by atoms with van der Waals surface area (Å²) in [5.74, 6) is 0.531. The molecule has 0 amide bonds. The first-order chi connectivity index (χ1) is 8.61. The molecule has 0 aliphatic rings. The molecular weight excluding hydrogens is 220 g/mol. The maximum absolute atomic E-state index is 9.57. The lowest BCUT2D eigenvalue weighted by Crippen LogP contribution is -2.23. The zero-order valence-electron chi connectivity index (χ0n) is 13.3. The highest BCUT2D eigenvalue weighted by Gasteiger charge is 2.26. The quantitative estimate of drug-likeness (QED) is 0.484. The number of rotatable bonds is 12. The summed E-state index contributed by atoms with van der Waals surface area (Å²) >= 11 is 0. The lowest BCUT2D eigenvalue weighted by molar-refractivity contribution is 0.133. The molecule has 0 aromatic carbocycles. The average molecular weight is 256 g/mol. The molecule has 110 valence electrons. The van der Waals surface area contributed by atoms with E-state index in [1.807, 2.05) is 0 Å². The summed E-state index contributed by atoms with van der Waals surface area (Å²) in [6, 6.07) is 0. The molecule has 1 heteroatoms. The SMILES string of the molecule is CCCCC(CO)CC(C)(CCCC)CCCC. The van der Waals surface area contributed by atoms with Gasteiger partial charge in [-0.05, 0) is 37.0 Å². The van der Waals surface area contributed by atoms with Gasteiger partial charge in [-0.15, -0.1) is 0 Å². The second-order valence-corrected chi connectivity index (χ2v) is 6.41. The predicted octanol–water partition coefficient (Wildman–Crippen LogP) is 5.56. The first-order valence-corrected chi connectivity index (χ1v) is 8.22. The highest BCUT2D eigenvalue weighted by molar-refractivity contribution is 4.78. The van der Waals surface area contributed by atoms with Crippen LogP contribution in [0.1, 0.15) is 91.9 Å². The van der Waals surface area contributed by atoms with Crippen LogP contribution in [-0.4, -0.2) is 11.7 Å². The Morgan fingerprint density at radius 1 is 0.889 bits per heavy atom. The summed E-state index contributed by atoms with van der Waals surface area (Å²) in [7, 11) is 0. The average Bonchev–Trinajstić information content (AvgIpc) is 2.39. The van der Waals surface area contributed by atoms with Crippen LogP contribution in [0.3, 0.4) is 0 Å². The first kappa shape index (κ1) is 18.0. The van der Waals surface area contributed by atoms with E-state index in [9.17, 15) is 5.11 Å². The minimum atomic E-state index is 0.383. The van der Waals surface area contributed by atoms with Crippen LogP contribution < -0.4 is 0 Å². The summed E-state index contributed by atoms with van der Waals surface area (Å²) < 4.78 is 0. The molecule has 1 nitrogen and oxygen atoms in total. The van der Waals surface area contributed by atoms with E-state index in [0.717, 1.165) is 0 Å². The van der Waals surface area contributed by atoms with Crippen LogP contribution in [0.4, 0.5) is 0 Å². The maximum atomic E-state index is 9.57. The molecule has 1 unspecified atom stereocenters. The summed E-state index contributed by atoms with van der Waals surface area (Å²) in [5.41, 5.74) is 0.465. The van der Waals surface area contributed by atoms with Crippen molar-refractivity contribution in [2.45, 2.75) is 91.9 Å². The van der Waals surface area contributed by atoms with Crippen molar-refractivity contribution in [3.05, 3.63) is 0 Å². The van der Waals surface area contributed by atoms with E-state index in [2.05, 4.69) is 27.7 Å². The Morgan fingerprint density at radius 2 is 1.39 bits per heavy atom. The topological polar surface area (TPSA) is 20.2 Å². The van der Waals surface area contributed by atoms with Crippen molar-refractivity contribution >= 4 is 0 Å². The number of hydrogen-bond donors (Lipinski definition) is 1. The molecule has 1 atom stereocenters. The van der Waals surface area contributed by atoms with Gasteiger partial charge in [0.2, 0.25) is 0 Å². The van der Waals surface area contributed by atoms with Gasteiger partial charge in [-0.25, -0.2) is 0 Å². The monoisotopic (exact) mass is 256 g/mol. The molecule has 0 saturated heterocycles. The van der Waals surface area contributed by atoms with Crippen LogP contribution in [0.25, 0.3) is 0 Å². The Morgan fingerprint density at radius 3 is 1.78 bits per heavy atom. The molecule has 0 heterocycles. The lowest BCUT2D eigenvalue weighted by atomic mass is 9.73. The zero-order valence-corrected chi connectivity index (χ0v) is 13.3. The van der Waals surface area contributed by atoms with Gasteiger partial charge in [-0.2, -0.15) is 0 Å². The van der Waals surface area contributed by atoms with Crippen LogP contribution in [0.15, 0.2) is 0 Å². The summed E-state index contributed by atoms with van der Waals surface area (Å²) in [6.45, 7) is 9.63. The fourth-order valence-corrected chi connectivity index (χ4v) is 2.98. The van der Waals surface area contributed by atoms with Gasteiger partial charge in [0.25, 0.3) is 0 Å². The number of aliphatic hydroxyl groups excluding tert-OH is 1. The first-order valence-electron chi connectivity index (χ1n) is 8.22. The molecule has 0 fully saturated rings. The van der Waals surface area contributed by atoms with Crippen molar-refractivity contribution in [3.8, 4) is 0 Å². The summed E-state index contributed by atoms with van der Waals surface area (Å²) in [4.78, 5) is 0. The Bertz CT molecular complexity index is 168. The third kappa shape index (κ3) is 8.13. The Kier molecular flexibility index (Phi) is 10.8. The van der Waals surface area contributed by atoms with E-state index in [1.165, 1.54) is 64.2 Å². The lowest BCUT2D eigenvalue weighted by Gasteiger charge is -2.33. The second-order valence-electron chi connectivity index (χ2n) is 6.41. The van der Waals surface area contributed by atoms with Gasteiger partial charge in [0.05, 0.1) is 0 Å². The van der Waals surface area contributed by atoms with Crippen LogP contribution in [-0.2, 0) is 0 Å². The van der Waals surface area contributed by atoms with Crippen molar-refractivity contribution < 1.29 is 5.11 Å². The molecule has 0 aromatic rings. The molecule has 1 N–H and O–H groups in total. The smallest absolute Gasteiger partial charge is 0.0459 e. The third-order valence-corrected chi connectivity index (χ3v) is 4.27. The van der Waals surface area contributed by atoms with Crippen LogP contribution in [0.2, 0.25) is 0 Å². The highest BCUT2D eigenvalue weighted by Crippen LogP contribution is 2.38. The van der Waals surface area contributed by atoms with Gasteiger partial charge in [0.15, 0.2) is 0 Å². The van der Waals surface area contributed by atoms with Crippen LogP contribution >= 0.6 is 0 Å². The van der Waals surface area contributed by atoms with Crippen LogP contribution in [0.5, 0.6) is 0 Å². The molecule has 0 bridgehead atoms. The van der Waals surface area contributed by atoms with Crippen LogP contribution in [0, 0.1) is 11.3 Å². The van der Waals surface area contributed by atoms with E-state index in [-0.39, 0.29) is 0 Å². The van der Waals surface area contributed by atoms with Crippen molar-refractivity contribution in [2.24, 2.45) is 11.3 Å². The maximum Gasteiger partial charge on any atom is 0.0459 e. The second kappa shape index (κ2) is 10.8. The standard InChI is InChI=1S/C17H36O/c1-5-8-11-16(15-18)14-17(4,12-9-6-2)13-10-7-3/h16,18H,5-15H2,1-4H3. The normalized spacial score (nSPS) is 13.8. The van der Waals surface area contributed by atoms with E-state index in [0.29, 0.717) is 17.9 Å². The highest BCUT2D eigenvalue weighted by atomic mass is 16.3. The Labute approximate surface area is 115 Å². The zero-order chi connectivity index (χ0) is 13.9. The molecule has 0 saturated carbocycles. The molecule has 0 radical (unpaired) electrons. The van der Waals surface area contributed by atoms with Crippen molar-refractivity contribution in [2.75, 3.05) is 6.61 Å². The summed E-state index contributed by atoms with van der Waals surface area (Å²) in [5, 5.41) is 9.57. The predicted molar refractivity (Wildman–Crippen MR) is 81.9 cm³/mol. The van der Waals surface area contributed by atoms with E-state index in [1.54, 1.807) is 0 Å². The molecular formula is C17H36O. The molecule has 0 aliphatic heterocycles.